The van der Waals surface area contributed by atoms with E-state index < -0.39 is 16.0 Å². The molecule has 27 heavy (non-hydrogen) atoms. The summed E-state index contributed by atoms with van der Waals surface area (Å²) >= 11 is 0. The van der Waals surface area contributed by atoms with E-state index in [1.807, 2.05) is 0 Å². The summed E-state index contributed by atoms with van der Waals surface area (Å²) in [5.74, 6) is -1.97. The summed E-state index contributed by atoms with van der Waals surface area (Å²) in [4.78, 5) is 34.0. The van der Waals surface area contributed by atoms with E-state index in [-0.39, 0.29) is 41.3 Å². The third-order valence-electron chi connectivity index (χ3n) is 4.36. The number of hydrogen-bond donors (Lipinski definition) is 3. The first kappa shape index (κ1) is 20.8. The Morgan fingerprint density at radius 2 is 1.70 bits per heavy atom. The number of nitrogens with zero attached hydrogens (tertiary/aromatic N) is 1. The van der Waals surface area contributed by atoms with Crippen molar-refractivity contribution in [2.75, 3.05) is 26.2 Å². The van der Waals surface area contributed by atoms with Crippen molar-refractivity contribution >= 4 is 27.8 Å². The highest BCUT2D eigenvalue weighted by molar-refractivity contribution is 7.89. The van der Waals surface area contributed by atoms with Gasteiger partial charge < -0.3 is 15.7 Å². The van der Waals surface area contributed by atoms with Gasteiger partial charge in [0.1, 0.15) is 0 Å². The largest absolute Gasteiger partial charge is 0.478 e. The number of hydrogen-bond acceptors (Lipinski definition) is 5. The predicted octanol–water partition coefficient (Wildman–Crippen LogP) is 0.0378. The van der Waals surface area contributed by atoms with E-state index in [2.05, 4.69) is 10.6 Å². The third kappa shape index (κ3) is 5.27. The fraction of sp³-hybridized carbons (Fsp3) is 0.471. The molecule has 0 spiro atoms. The Morgan fingerprint density at radius 3 is 2.30 bits per heavy atom. The summed E-state index contributed by atoms with van der Waals surface area (Å²) in [5, 5.41) is 14.5. The highest BCUT2D eigenvalue weighted by atomic mass is 32.2. The van der Waals surface area contributed by atoms with Gasteiger partial charge in [-0.05, 0) is 25.0 Å². The highest BCUT2D eigenvalue weighted by Crippen LogP contribution is 2.26. The van der Waals surface area contributed by atoms with Gasteiger partial charge in [0.2, 0.25) is 21.8 Å². The molecule has 9 nitrogen and oxygen atoms in total. The van der Waals surface area contributed by atoms with E-state index in [9.17, 15) is 27.9 Å². The Hall–Kier alpha value is -2.46. The van der Waals surface area contributed by atoms with Gasteiger partial charge in [0.05, 0.1) is 10.5 Å². The van der Waals surface area contributed by atoms with Crippen LogP contribution >= 0.6 is 0 Å². The van der Waals surface area contributed by atoms with Gasteiger partial charge in [-0.3, -0.25) is 9.59 Å². The topological polar surface area (TPSA) is 133 Å². The van der Waals surface area contributed by atoms with Crippen LogP contribution in [0, 0.1) is 5.92 Å². The average Bonchev–Trinajstić information content (AvgIpc) is 2.65. The number of carbonyl (C=O) groups is 3. The zero-order chi connectivity index (χ0) is 20.0. The Kier molecular flexibility index (Phi) is 6.92. The predicted molar refractivity (Wildman–Crippen MR) is 96.6 cm³/mol. The van der Waals surface area contributed by atoms with Gasteiger partial charge >= 0.3 is 5.97 Å². The number of carboxylic acid groups (broad SMARTS) is 1. The molecule has 2 amide bonds. The standard InChI is InChI=1S/C17H23N3O6S/c1-12(21)18-8-9-19-16(22)13-6-10-20(11-7-13)27(25,26)15-5-3-2-4-14(15)17(23)24/h2-5,13H,6-11H2,1H3,(H,18,21)(H,19,22)(H,23,24). The number of benzene rings is 1. The minimum Gasteiger partial charge on any atom is -0.478 e. The molecular formula is C17H23N3O6S. The van der Waals surface area contributed by atoms with E-state index in [4.69, 9.17) is 0 Å². The van der Waals surface area contributed by atoms with Crippen molar-refractivity contribution in [2.24, 2.45) is 5.92 Å². The maximum atomic E-state index is 12.8. The van der Waals surface area contributed by atoms with Crippen LogP contribution in [0.5, 0.6) is 0 Å². The molecule has 0 atom stereocenters. The van der Waals surface area contributed by atoms with Gasteiger partial charge in [0.15, 0.2) is 0 Å². The van der Waals surface area contributed by atoms with Crippen LogP contribution in [-0.4, -0.2) is 61.8 Å². The van der Waals surface area contributed by atoms with E-state index in [1.54, 1.807) is 0 Å². The number of carboxylic acids is 1. The Balaban J connectivity index is 1.96. The fourth-order valence-corrected chi connectivity index (χ4v) is 4.59. The molecular weight excluding hydrogens is 374 g/mol. The average molecular weight is 397 g/mol. The molecule has 0 saturated carbocycles. The van der Waals surface area contributed by atoms with E-state index >= 15 is 0 Å². The zero-order valence-electron chi connectivity index (χ0n) is 15.0. The lowest BCUT2D eigenvalue weighted by Crippen LogP contribution is -2.44. The van der Waals surface area contributed by atoms with E-state index in [0.29, 0.717) is 25.9 Å². The van der Waals surface area contributed by atoms with Gasteiger partial charge in [-0.1, -0.05) is 12.1 Å². The second-order valence-corrected chi connectivity index (χ2v) is 8.16. The molecule has 1 fully saturated rings. The molecule has 1 aliphatic rings. The van der Waals surface area contributed by atoms with Crippen LogP contribution in [0.2, 0.25) is 0 Å². The minimum absolute atomic E-state index is 0.139. The van der Waals surface area contributed by atoms with Gasteiger partial charge in [-0.15, -0.1) is 0 Å². The third-order valence-corrected chi connectivity index (χ3v) is 6.31. The van der Waals surface area contributed by atoms with Crippen LogP contribution in [0.25, 0.3) is 0 Å². The van der Waals surface area contributed by atoms with Crippen molar-refractivity contribution in [3.63, 3.8) is 0 Å². The van der Waals surface area contributed by atoms with Crippen LogP contribution in [0.3, 0.4) is 0 Å². The molecule has 1 aromatic rings. The molecule has 0 bridgehead atoms. The zero-order valence-corrected chi connectivity index (χ0v) is 15.8. The van der Waals surface area contributed by atoms with Gasteiger partial charge in [0, 0.05) is 39.0 Å². The first-order valence-corrected chi connectivity index (χ1v) is 10.0. The van der Waals surface area contributed by atoms with Crippen molar-refractivity contribution in [3.8, 4) is 0 Å². The van der Waals surface area contributed by atoms with Crippen LogP contribution in [0.1, 0.15) is 30.1 Å². The number of rotatable bonds is 7. The molecule has 0 unspecified atom stereocenters. The van der Waals surface area contributed by atoms with Crippen LogP contribution in [0.15, 0.2) is 29.2 Å². The van der Waals surface area contributed by atoms with Crippen LogP contribution in [-0.2, 0) is 19.6 Å². The highest BCUT2D eigenvalue weighted by Gasteiger charge is 2.33. The summed E-state index contributed by atoms with van der Waals surface area (Å²) in [5.41, 5.74) is -0.268. The van der Waals surface area contributed by atoms with Crippen molar-refractivity contribution in [3.05, 3.63) is 29.8 Å². The first-order valence-electron chi connectivity index (χ1n) is 8.58. The lowest BCUT2D eigenvalue weighted by Gasteiger charge is -2.30. The number of aromatic carboxylic acids is 1. The maximum Gasteiger partial charge on any atom is 0.337 e. The summed E-state index contributed by atoms with van der Waals surface area (Å²) in [6.07, 6.45) is 0.695. The van der Waals surface area contributed by atoms with Gasteiger partial charge in [-0.2, -0.15) is 4.31 Å². The molecule has 0 radical (unpaired) electrons. The molecule has 1 saturated heterocycles. The lowest BCUT2D eigenvalue weighted by atomic mass is 9.97. The van der Waals surface area contributed by atoms with Crippen molar-refractivity contribution < 1.29 is 27.9 Å². The number of amides is 2. The Labute approximate surface area is 157 Å². The molecule has 1 aromatic carbocycles. The van der Waals surface area contributed by atoms with Crippen LogP contribution < -0.4 is 10.6 Å². The fourth-order valence-electron chi connectivity index (χ4n) is 2.93. The molecule has 1 heterocycles. The molecule has 0 aliphatic carbocycles. The van der Waals surface area contributed by atoms with Crippen LogP contribution in [0.4, 0.5) is 0 Å². The molecule has 0 aromatic heterocycles. The molecule has 1 aliphatic heterocycles. The minimum atomic E-state index is -3.94. The molecule has 10 heteroatoms. The smallest absolute Gasteiger partial charge is 0.337 e. The monoisotopic (exact) mass is 397 g/mol. The van der Waals surface area contributed by atoms with E-state index in [1.165, 1.54) is 35.5 Å². The quantitative estimate of drug-likeness (QED) is 0.556. The van der Waals surface area contributed by atoms with Gasteiger partial charge in [0.25, 0.3) is 0 Å². The summed E-state index contributed by atoms with van der Waals surface area (Å²) in [6, 6.07) is 5.48. The number of nitrogens with one attached hydrogen (secondary N) is 2. The van der Waals surface area contributed by atoms with Crippen molar-refractivity contribution in [1.29, 1.82) is 0 Å². The van der Waals surface area contributed by atoms with Gasteiger partial charge in [-0.25, -0.2) is 13.2 Å². The van der Waals surface area contributed by atoms with Crippen molar-refractivity contribution in [2.45, 2.75) is 24.7 Å². The van der Waals surface area contributed by atoms with Crippen molar-refractivity contribution in [1.82, 2.24) is 14.9 Å². The lowest BCUT2D eigenvalue weighted by molar-refractivity contribution is -0.126. The normalized spacial score (nSPS) is 15.9. The first-order chi connectivity index (χ1) is 12.7. The second-order valence-electron chi connectivity index (χ2n) is 6.25. The Morgan fingerprint density at radius 1 is 1.11 bits per heavy atom. The second kappa shape index (κ2) is 8.96. The van der Waals surface area contributed by atoms with E-state index in [0.717, 1.165) is 0 Å². The summed E-state index contributed by atoms with van der Waals surface area (Å²) in [7, 11) is -3.94. The maximum absolute atomic E-state index is 12.8. The SMILES string of the molecule is CC(=O)NCCNC(=O)C1CCN(S(=O)(=O)c2ccccc2C(=O)O)CC1. The molecule has 3 N–H and O–H groups in total. The number of sulfonamides is 1. The number of piperidine rings is 1. The number of carbonyl (C=O) groups excluding carboxylic acids is 2. The summed E-state index contributed by atoms with van der Waals surface area (Å²) in [6.45, 7) is 2.31. The Bertz CT molecular complexity index is 816. The summed E-state index contributed by atoms with van der Waals surface area (Å²) < 4.78 is 26.8. The molecule has 2 rings (SSSR count). The molecule has 148 valence electrons.